The quantitative estimate of drug-likeness (QED) is 0.686. The molecule has 1 saturated heterocycles. The van der Waals surface area contributed by atoms with Gasteiger partial charge in [0.1, 0.15) is 0 Å². The molecule has 0 aromatic carbocycles. The minimum atomic E-state index is -0.266. The van der Waals surface area contributed by atoms with Gasteiger partial charge in [-0.2, -0.15) is 0 Å². The summed E-state index contributed by atoms with van der Waals surface area (Å²) in [4.78, 5) is 0. The van der Waals surface area contributed by atoms with E-state index in [9.17, 15) is 5.11 Å². The average Bonchev–Trinajstić information content (AvgIpc) is 2.60. The molecule has 0 bridgehead atoms. The Labute approximate surface area is 81.3 Å². The van der Waals surface area contributed by atoms with Crippen LogP contribution in [0.15, 0.2) is 0 Å². The molecule has 0 aliphatic carbocycles. The van der Waals surface area contributed by atoms with Crippen molar-refractivity contribution in [3.8, 4) is 0 Å². The molecule has 3 atom stereocenters. The van der Waals surface area contributed by atoms with Crippen molar-refractivity contribution >= 4 is 0 Å². The molecule has 0 aromatic rings. The first kappa shape index (κ1) is 11.0. The van der Waals surface area contributed by atoms with Crippen molar-refractivity contribution in [3.05, 3.63) is 0 Å². The molecule has 1 rings (SSSR count). The van der Waals surface area contributed by atoms with Crippen molar-refractivity contribution in [2.24, 2.45) is 5.41 Å². The van der Waals surface area contributed by atoms with Gasteiger partial charge in [0.25, 0.3) is 0 Å². The summed E-state index contributed by atoms with van der Waals surface area (Å²) >= 11 is 0. The molecule has 2 nitrogen and oxygen atoms in total. The summed E-state index contributed by atoms with van der Waals surface area (Å²) < 4.78 is 5.56. The van der Waals surface area contributed by atoms with Gasteiger partial charge in [-0.15, -0.1) is 0 Å². The lowest BCUT2D eigenvalue weighted by molar-refractivity contribution is 0.0326. The van der Waals surface area contributed by atoms with Crippen molar-refractivity contribution in [2.45, 2.75) is 65.3 Å². The topological polar surface area (TPSA) is 32.8 Å². The normalized spacial score (nSPS) is 36.0. The fraction of sp³-hybridized carbons (Fsp3) is 1.00. The van der Waals surface area contributed by atoms with E-state index in [1.54, 1.807) is 0 Å². The molecule has 0 amide bonds. The van der Waals surface area contributed by atoms with Gasteiger partial charge in [-0.25, -0.2) is 0 Å². The highest BCUT2D eigenvalue weighted by Gasteiger charge is 2.53. The molecule has 3 unspecified atom stereocenters. The van der Waals surface area contributed by atoms with E-state index in [1.807, 2.05) is 0 Å². The Morgan fingerprint density at radius 1 is 1.46 bits per heavy atom. The number of ether oxygens (including phenoxy) is 1. The first-order valence-electron chi connectivity index (χ1n) is 5.18. The molecule has 1 N–H and O–H groups in total. The second-order valence-corrected chi connectivity index (χ2v) is 5.26. The fourth-order valence-corrected chi connectivity index (χ4v) is 1.68. The van der Waals surface area contributed by atoms with Crippen LogP contribution in [0.1, 0.15) is 47.5 Å². The van der Waals surface area contributed by atoms with Gasteiger partial charge in [0.05, 0.1) is 17.8 Å². The number of rotatable bonds is 3. The van der Waals surface area contributed by atoms with Gasteiger partial charge < -0.3 is 9.84 Å². The summed E-state index contributed by atoms with van der Waals surface area (Å²) in [5.41, 5.74) is -0.0550. The molecule has 0 radical (unpaired) electrons. The second-order valence-electron chi connectivity index (χ2n) is 5.26. The van der Waals surface area contributed by atoms with Crippen molar-refractivity contribution < 1.29 is 9.84 Å². The lowest BCUT2D eigenvalue weighted by Crippen LogP contribution is -2.32. The third kappa shape index (κ3) is 2.23. The van der Waals surface area contributed by atoms with Crippen LogP contribution in [0.3, 0.4) is 0 Å². The Kier molecular flexibility index (Phi) is 2.75. The Hall–Kier alpha value is -0.0800. The predicted molar refractivity (Wildman–Crippen MR) is 53.6 cm³/mol. The van der Waals surface area contributed by atoms with Crippen LogP contribution in [-0.4, -0.2) is 22.9 Å². The number of hydrogen-bond acceptors (Lipinski definition) is 2. The van der Waals surface area contributed by atoms with E-state index in [4.69, 9.17) is 4.74 Å². The summed E-state index contributed by atoms with van der Waals surface area (Å²) in [5.74, 6) is 0. The zero-order chi connectivity index (χ0) is 10.3. The number of aliphatic hydroxyl groups is 1. The highest BCUT2D eigenvalue weighted by Crippen LogP contribution is 2.45. The standard InChI is InChI=1S/C11H22O2/c1-6-11(8(2)13-11)7-9(12)10(3,4)5/h8-9,12H,6-7H2,1-5H3. The van der Waals surface area contributed by atoms with Crippen molar-refractivity contribution in [1.29, 1.82) is 0 Å². The SMILES string of the molecule is CCC1(CC(O)C(C)(C)C)OC1C. The van der Waals surface area contributed by atoms with Gasteiger partial charge in [-0.3, -0.25) is 0 Å². The smallest absolute Gasteiger partial charge is 0.0967 e. The summed E-state index contributed by atoms with van der Waals surface area (Å²) in [6.07, 6.45) is 1.84. The Bertz CT molecular complexity index is 179. The van der Waals surface area contributed by atoms with Crippen LogP contribution < -0.4 is 0 Å². The number of hydrogen-bond donors (Lipinski definition) is 1. The molecular weight excluding hydrogens is 164 g/mol. The van der Waals surface area contributed by atoms with E-state index in [0.29, 0.717) is 6.10 Å². The number of aliphatic hydroxyl groups excluding tert-OH is 1. The maximum Gasteiger partial charge on any atom is 0.0967 e. The highest BCUT2D eigenvalue weighted by atomic mass is 16.6. The van der Waals surface area contributed by atoms with Gasteiger partial charge in [-0.05, 0) is 18.8 Å². The molecule has 1 aliphatic rings. The molecule has 0 aromatic heterocycles. The average molecular weight is 186 g/mol. The van der Waals surface area contributed by atoms with E-state index < -0.39 is 0 Å². The van der Waals surface area contributed by atoms with E-state index in [-0.39, 0.29) is 17.1 Å². The zero-order valence-corrected chi connectivity index (χ0v) is 9.42. The van der Waals surface area contributed by atoms with Crippen LogP contribution in [0.5, 0.6) is 0 Å². The molecule has 1 heterocycles. The first-order chi connectivity index (χ1) is 5.82. The molecule has 1 aliphatic heterocycles. The van der Waals surface area contributed by atoms with Crippen LogP contribution in [-0.2, 0) is 4.74 Å². The summed E-state index contributed by atoms with van der Waals surface area (Å²) in [6, 6.07) is 0. The Morgan fingerprint density at radius 2 is 1.92 bits per heavy atom. The van der Waals surface area contributed by atoms with Gasteiger partial charge in [0, 0.05) is 6.42 Å². The largest absolute Gasteiger partial charge is 0.392 e. The summed E-state index contributed by atoms with van der Waals surface area (Å²) in [7, 11) is 0. The minimum Gasteiger partial charge on any atom is -0.392 e. The third-order valence-corrected chi connectivity index (χ3v) is 3.23. The highest BCUT2D eigenvalue weighted by molar-refractivity contribution is 5.01. The second kappa shape index (κ2) is 3.25. The van der Waals surface area contributed by atoms with Crippen LogP contribution in [0.25, 0.3) is 0 Å². The molecule has 13 heavy (non-hydrogen) atoms. The lowest BCUT2D eigenvalue weighted by Gasteiger charge is -2.28. The lowest BCUT2D eigenvalue weighted by atomic mass is 9.82. The maximum absolute atomic E-state index is 9.93. The molecule has 0 saturated carbocycles. The van der Waals surface area contributed by atoms with E-state index in [2.05, 4.69) is 34.6 Å². The third-order valence-electron chi connectivity index (χ3n) is 3.23. The van der Waals surface area contributed by atoms with Crippen molar-refractivity contribution in [1.82, 2.24) is 0 Å². The van der Waals surface area contributed by atoms with E-state index in [1.165, 1.54) is 0 Å². The van der Waals surface area contributed by atoms with Gasteiger partial charge in [-0.1, -0.05) is 27.7 Å². The van der Waals surface area contributed by atoms with Crippen LogP contribution in [0.2, 0.25) is 0 Å². The maximum atomic E-state index is 9.93. The summed E-state index contributed by atoms with van der Waals surface area (Å²) in [6.45, 7) is 10.4. The molecule has 2 heteroatoms. The monoisotopic (exact) mass is 186 g/mol. The molecule has 1 fully saturated rings. The van der Waals surface area contributed by atoms with Crippen molar-refractivity contribution in [2.75, 3.05) is 0 Å². The summed E-state index contributed by atoms with van der Waals surface area (Å²) in [5, 5.41) is 9.93. The minimum absolute atomic E-state index is 0.0211. The van der Waals surface area contributed by atoms with Gasteiger partial charge in [0.2, 0.25) is 0 Å². The molecule has 78 valence electrons. The van der Waals surface area contributed by atoms with Gasteiger partial charge >= 0.3 is 0 Å². The van der Waals surface area contributed by atoms with Gasteiger partial charge in [0.15, 0.2) is 0 Å². The fourth-order valence-electron chi connectivity index (χ4n) is 1.68. The first-order valence-corrected chi connectivity index (χ1v) is 5.18. The molecular formula is C11H22O2. The van der Waals surface area contributed by atoms with E-state index in [0.717, 1.165) is 12.8 Å². The van der Waals surface area contributed by atoms with Crippen LogP contribution in [0, 0.1) is 5.41 Å². The predicted octanol–water partition coefficient (Wildman–Crippen LogP) is 2.35. The van der Waals surface area contributed by atoms with E-state index >= 15 is 0 Å². The van der Waals surface area contributed by atoms with Crippen LogP contribution in [0.4, 0.5) is 0 Å². The van der Waals surface area contributed by atoms with Crippen LogP contribution >= 0.6 is 0 Å². The van der Waals surface area contributed by atoms with Crippen molar-refractivity contribution in [3.63, 3.8) is 0 Å². The molecule has 0 spiro atoms. The number of epoxide rings is 1. The Balaban J connectivity index is 2.49. The zero-order valence-electron chi connectivity index (χ0n) is 9.42. The Morgan fingerprint density at radius 3 is 2.15 bits per heavy atom.